The van der Waals surface area contributed by atoms with Crippen molar-refractivity contribution in [3.05, 3.63) is 12.7 Å². The number of rotatable bonds is 1. The van der Waals surface area contributed by atoms with Crippen molar-refractivity contribution >= 4 is 5.91 Å². The minimum atomic E-state index is -0.144. The van der Waals surface area contributed by atoms with E-state index in [-0.39, 0.29) is 5.91 Å². The van der Waals surface area contributed by atoms with Crippen molar-refractivity contribution in [3.63, 3.8) is 0 Å². The molecule has 3 nitrogen and oxygen atoms in total. The number of piperidine rings is 1. The number of carbonyl (C=O) groups is 1. The van der Waals surface area contributed by atoms with Gasteiger partial charge in [-0.3, -0.25) is 4.79 Å². The van der Waals surface area contributed by atoms with Gasteiger partial charge in [-0.2, -0.15) is 0 Å². The molecule has 0 aromatic heterocycles. The summed E-state index contributed by atoms with van der Waals surface area (Å²) in [6.07, 6.45) is 5.44. The highest BCUT2D eigenvalue weighted by molar-refractivity contribution is 5.86. The molecule has 1 heterocycles. The van der Waals surface area contributed by atoms with E-state index >= 15 is 0 Å². The lowest BCUT2D eigenvalue weighted by molar-refractivity contribution is -0.116. The number of amides is 1. The Hall–Kier alpha value is -0.830. The Morgan fingerprint density at radius 2 is 2.00 bits per heavy atom. The second-order valence-electron chi connectivity index (χ2n) is 2.63. The number of nitrogens with one attached hydrogen (secondary N) is 2. The molecule has 0 aromatic carbocycles. The average molecular weight is 170 g/mol. The van der Waals surface area contributed by atoms with E-state index in [2.05, 4.69) is 17.2 Å². The predicted molar refractivity (Wildman–Crippen MR) is 51.0 cm³/mol. The molecule has 2 N–H and O–H groups in total. The Kier molecular flexibility index (Phi) is 7.70. The largest absolute Gasteiger partial charge is 0.356 e. The van der Waals surface area contributed by atoms with Gasteiger partial charge in [-0.05, 0) is 32.0 Å². The van der Waals surface area contributed by atoms with Gasteiger partial charge in [-0.25, -0.2) is 0 Å². The molecule has 0 radical (unpaired) electrons. The van der Waals surface area contributed by atoms with Gasteiger partial charge in [0.05, 0.1) is 0 Å². The van der Waals surface area contributed by atoms with Crippen molar-refractivity contribution < 1.29 is 4.79 Å². The van der Waals surface area contributed by atoms with E-state index in [4.69, 9.17) is 0 Å². The molecule has 0 aromatic rings. The summed E-state index contributed by atoms with van der Waals surface area (Å²) in [5, 5.41) is 5.64. The highest BCUT2D eigenvalue weighted by Gasteiger charge is 1.93. The maximum atomic E-state index is 9.95. The van der Waals surface area contributed by atoms with Gasteiger partial charge in [0, 0.05) is 7.05 Å². The van der Waals surface area contributed by atoms with Crippen LogP contribution in [0.25, 0.3) is 0 Å². The molecule has 0 saturated carbocycles. The number of likely N-dealkylation sites (N-methyl/N-ethyl adjacent to an activating group) is 1. The molecule has 12 heavy (non-hydrogen) atoms. The van der Waals surface area contributed by atoms with Crippen molar-refractivity contribution in [3.8, 4) is 0 Å². The standard InChI is InChI=1S/C5H11N.C4H7NO/c1-2-4-6-5-3-1;1-3-4(6)5-2/h6H,1-5H2;3H,1H2,2H3,(H,5,6). The van der Waals surface area contributed by atoms with Gasteiger partial charge in [0.25, 0.3) is 0 Å². The average Bonchev–Trinajstić information content (AvgIpc) is 2.20. The minimum absolute atomic E-state index is 0.144. The van der Waals surface area contributed by atoms with E-state index < -0.39 is 0 Å². The summed E-state index contributed by atoms with van der Waals surface area (Å²) in [7, 11) is 1.56. The van der Waals surface area contributed by atoms with Gasteiger partial charge in [-0.1, -0.05) is 13.0 Å². The molecule has 70 valence electrons. The van der Waals surface area contributed by atoms with Crippen LogP contribution < -0.4 is 10.6 Å². The third kappa shape index (κ3) is 7.28. The zero-order valence-corrected chi connectivity index (χ0v) is 7.73. The summed E-state index contributed by atoms with van der Waals surface area (Å²) in [6.45, 7) is 5.72. The number of carbonyl (C=O) groups excluding carboxylic acids is 1. The Balaban J connectivity index is 0.000000202. The number of hydrogen-bond acceptors (Lipinski definition) is 2. The smallest absolute Gasteiger partial charge is 0.243 e. The van der Waals surface area contributed by atoms with E-state index in [1.165, 1.54) is 38.4 Å². The topological polar surface area (TPSA) is 41.1 Å². The molecule has 1 fully saturated rings. The molecule has 1 aliphatic heterocycles. The molecule has 0 unspecified atom stereocenters. The molecule has 0 aliphatic carbocycles. The van der Waals surface area contributed by atoms with E-state index in [1.807, 2.05) is 0 Å². The monoisotopic (exact) mass is 170 g/mol. The van der Waals surface area contributed by atoms with Crippen LogP contribution in [0.2, 0.25) is 0 Å². The number of hydrogen-bond donors (Lipinski definition) is 2. The van der Waals surface area contributed by atoms with Crippen LogP contribution in [0.15, 0.2) is 12.7 Å². The summed E-state index contributed by atoms with van der Waals surface area (Å²) < 4.78 is 0. The molecular weight excluding hydrogens is 152 g/mol. The molecule has 3 heteroatoms. The second-order valence-corrected chi connectivity index (χ2v) is 2.63. The summed E-state index contributed by atoms with van der Waals surface area (Å²) in [5.74, 6) is -0.144. The lowest BCUT2D eigenvalue weighted by Gasteiger charge is -2.08. The highest BCUT2D eigenvalue weighted by Crippen LogP contribution is 1.96. The lowest BCUT2D eigenvalue weighted by Crippen LogP contribution is -2.21. The quantitative estimate of drug-likeness (QED) is 0.568. The second kappa shape index (κ2) is 8.27. The first kappa shape index (κ1) is 11.2. The van der Waals surface area contributed by atoms with Crippen LogP contribution in [0.5, 0.6) is 0 Å². The summed E-state index contributed by atoms with van der Waals surface area (Å²) in [6, 6.07) is 0. The van der Waals surface area contributed by atoms with Gasteiger partial charge >= 0.3 is 0 Å². The summed E-state index contributed by atoms with van der Waals surface area (Å²) in [4.78, 5) is 9.95. The van der Waals surface area contributed by atoms with E-state index in [9.17, 15) is 4.79 Å². The van der Waals surface area contributed by atoms with Gasteiger partial charge < -0.3 is 10.6 Å². The molecule has 0 spiro atoms. The normalized spacial score (nSPS) is 15.4. The zero-order chi connectivity index (χ0) is 9.23. The molecular formula is C9H18N2O. The van der Waals surface area contributed by atoms with Gasteiger partial charge in [0.1, 0.15) is 0 Å². The van der Waals surface area contributed by atoms with Crippen molar-refractivity contribution in [2.45, 2.75) is 19.3 Å². The van der Waals surface area contributed by atoms with Crippen molar-refractivity contribution in [1.82, 2.24) is 10.6 Å². The fourth-order valence-corrected chi connectivity index (χ4v) is 0.904. The van der Waals surface area contributed by atoms with Crippen LogP contribution in [0.4, 0.5) is 0 Å². The maximum Gasteiger partial charge on any atom is 0.243 e. The highest BCUT2D eigenvalue weighted by atomic mass is 16.1. The van der Waals surface area contributed by atoms with E-state index in [0.717, 1.165) is 0 Å². The van der Waals surface area contributed by atoms with Crippen molar-refractivity contribution in [2.24, 2.45) is 0 Å². The Bertz CT molecular complexity index is 119. The Morgan fingerprint density at radius 3 is 2.08 bits per heavy atom. The fraction of sp³-hybridized carbons (Fsp3) is 0.667. The van der Waals surface area contributed by atoms with Crippen LogP contribution >= 0.6 is 0 Å². The Morgan fingerprint density at radius 1 is 1.42 bits per heavy atom. The third-order valence-corrected chi connectivity index (χ3v) is 1.64. The lowest BCUT2D eigenvalue weighted by atomic mass is 10.2. The molecule has 0 bridgehead atoms. The SMILES string of the molecule is C1CCNCC1.C=CC(=O)NC. The van der Waals surface area contributed by atoms with Crippen molar-refractivity contribution in [1.29, 1.82) is 0 Å². The minimum Gasteiger partial charge on any atom is -0.356 e. The predicted octanol–water partition coefficient (Wildman–Crippen LogP) is 0.678. The van der Waals surface area contributed by atoms with Crippen LogP contribution in [0.3, 0.4) is 0 Å². The third-order valence-electron chi connectivity index (χ3n) is 1.64. The summed E-state index contributed by atoms with van der Waals surface area (Å²) >= 11 is 0. The molecule has 1 saturated heterocycles. The van der Waals surface area contributed by atoms with Crippen LogP contribution in [-0.4, -0.2) is 26.0 Å². The van der Waals surface area contributed by atoms with E-state index in [0.29, 0.717) is 0 Å². The van der Waals surface area contributed by atoms with Crippen LogP contribution in [0, 0.1) is 0 Å². The van der Waals surface area contributed by atoms with Gasteiger partial charge in [0.15, 0.2) is 0 Å². The van der Waals surface area contributed by atoms with Gasteiger partial charge in [-0.15, -0.1) is 0 Å². The first-order valence-corrected chi connectivity index (χ1v) is 4.36. The van der Waals surface area contributed by atoms with E-state index in [1.54, 1.807) is 7.05 Å². The first-order valence-electron chi connectivity index (χ1n) is 4.36. The Labute approximate surface area is 74.2 Å². The van der Waals surface area contributed by atoms with Crippen LogP contribution in [-0.2, 0) is 4.79 Å². The van der Waals surface area contributed by atoms with Crippen molar-refractivity contribution in [2.75, 3.05) is 20.1 Å². The maximum absolute atomic E-state index is 9.95. The van der Waals surface area contributed by atoms with Crippen LogP contribution in [0.1, 0.15) is 19.3 Å². The molecule has 1 rings (SSSR count). The molecule has 1 amide bonds. The summed E-state index contributed by atoms with van der Waals surface area (Å²) in [5.41, 5.74) is 0. The molecule has 1 aliphatic rings. The first-order chi connectivity index (χ1) is 5.81. The fourth-order valence-electron chi connectivity index (χ4n) is 0.904. The van der Waals surface area contributed by atoms with Gasteiger partial charge in [0.2, 0.25) is 5.91 Å². The zero-order valence-electron chi connectivity index (χ0n) is 7.73. The molecule has 0 atom stereocenters.